The quantitative estimate of drug-likeness (QED) is 0.704. The summed E-state index contributed by atoms with van der Waals surface area (Å²) in [6.45, 7) is 0.702. The van der Waals surface area contributed by atoms with Crippen LogP contribution in [0.15, 0.2) is 23.1 Å². The zero-order valence-electron chi connectivity index (χ0n) is 8.28. The van der Waals surface area contributed by atoms with E-state index in [1.807, 2.05) is 0 Å². The van der Waals surface area contributed by atoms with Crippen molar-refractivity contribution in [2.75, 3.05) is 13.7 Å². The van der Waals surface area contributed by atoms with E-state index >= 15 is 0 Å². The number of carbonyl (C=O) groups is 1. The van der Waals surface area contributed by atoms with Gasteiger partial charge in [0.15, 0.2) is 4.90 Å². The van der Waals surface area contributed by atoms with Gasteiger partial charge in [-0.25, -0.2) is 4.79 Å². The molecule has 0 radical (unpaired) electrons. The maximum atomic E-state index is 11.7. The summed E-state index contributed by atoms with van der Waals surface area (Å²) in [6, 6.07) is 5.21. The highest BCUT2D eigenvalue weighted by molar-refractivity contribution is 8.06. The first-order valence-electron chi connectivity index (χ1n) is 4.54. The number of carbonyl (C=O) groups excluding carboxylic acids is 1. The molecule has 0 bridgehead atoms. The molecule has 5 heteroatoms. The van der Waals surface area contributed by atoms with Crippen molar-refractivity contribution in [2.45, 2.75) is 11.4 Å². The van der Waals surface area contributed by atoms with Gasteiger partial charge in [-0.2, -0.15) is 0 Å². The lowest BCUT2D eigenvalue weighted by Gasteiger charge is -2.08. The molecule has 15 heavy (non-hydrogen) atoms. The van der Waals surface area contributed by atoms with Crippen LogP contribution in [0.1, 0.15) is 5.56 Å². The van der Waals surface area contributed by atoms with Gasteiger partial charge in [0.2, 0.25) is 0 Å². The lowest BCUT2D eigenvalue weighted by Crippen LogP contribution is -2.24. The highest BCUT2D eigenvalue weighted by atomic mass is 32.2. The number of rotatable bonds is 1. The standard InChI is InChI=1S/C10H11NO3S/c1-14-8-2-3-9-7(4-8)5-11-6-10(12)15(9)13/h2-4,11H,5-6H2,1H3. The molecule has 2 rings (SSSR count). The highest BCUT2D eigenvalue weighted by Gasteiger charge is 2.28. The lowest BCUT2D eigenvalue weighted by molar-refractivity contribution is -0.111. The van der Waals surface area contributed by atoms with Crippen LogP contribution in [0.5, 0.6) is 5.75 Å². The van der Waals surface area contributed by atoms with Crippen LogP contribution in [-0.4, -0.2) is 23.3 Å². The van der Waals surface area contributed by atoms with Crippen LogP contribution in [0.25, 0.3) is 0 Å². The lowest BCUT2D eigenvalue weighted by atomic mass is 10.2. The third kappa shape index (κ3) is 1.99. The summed E-state index contributed by atoms with van der Waals surface area (Å²) in [5.41, 5.74) is 0.860. The second kappa shape index (κ2) is 4.22. The summed E-state index contributed by atoms with van der Waals surface area (Å²) in [7, 11) is 1.58. The fraction of sp³-hybridized carbons (Fsp3) is 0.300. The fourth-order valence-electron chi connectivity index (χ4n) is 1.49. The Labute approximate surface area is 90.8 Å². The molecule has 0 saturated heterocycles. The summed E-state index contributed by atoms with van der Waals surface area (Å²) < 4.78 is 16.8. The van der Waals surface area contributed by atoms with Crippen LogP contribution in [0, 0.1) is 0 Å². The first-order chi connectivity index (χ1) is 7.22. The molecule has 1 aromatic rings. The summed E-state index contributed by atoms with van der Waals surface area (Å²) in [6.07, 6.45) is 0. The molecule has 0 saturated carbocycles. The van der Waals surface area contributed by atoms with Crippen LogP contribution in [-0.2, 0) is 22.5 Å². The van der Waals surface area contributed by atoms with Gasteiger partial charge in [0.1, 0.15) is 12.3 Å². The molecule has 80 valence electrons. The molecule has 1 heterocycles. The average Bonchev–Trinajstić information content (AvgIpc) is 2.40. The molecule has 4 nitrogen and oxygen atoms in total. The number of nitrogens with one attached hydrogen (secondary N) is 1. The van der Waals surface area contributed by atoms with Gasteiger partial charge in [-0.1, -0.05) is 0 Å². The minimum absolute atomic E-state index is 0.156. The molecule has 1 aromatic carbocycles. The van der Waals surface area contributed by atoms with Gasteiger partial charge in [0.05, 0.1) is 18.3 Å². The first kappa shape index (κ1) is 10.5. The predicted molar refractivity (Wildman–Crippen MR) is 56.1 cm³/mol. The van der Waals surface area contributed by atoms with Gasteiger partial charge in [0.25, 0.3) is 0 Å². The van der Waals surface area contributed by atoms with Gasteiger partial charge in [-0.05, 0) is 18.2 Å². The van der Waals surface area contributed by atoms with Crippen LogP contribution in [0.4, 0.5) is 0 Å². The Bertz CT molecular complexity index is 394. The molecule has 0 aromatic heterocycles. The van der Waals surface area contributed by atoms with Crippen molar-refractivity contribution >= 4 is 16.3 Å². The van der Waals surface area contributed by atoms with Gasteiger partial charge < -0.3 is 14.6 Å². The van der Waals surface area contributed by atoms with Crippen molar-refractivity contribution in [3.63, 3.8) is 0 Å². The number of ether oxygens (including phenoxy) is 1. The molecule has 1 unspecified atom stereocenters. The molecular weight excluding hydrogens is 214 g/mol. The predicted octanol–water partition coefficient (Wildman–Crippen LogP) is 0.433. The van der Waals surface area contributed by atoms with Crippen LogP contribution >= 0.6 is 0 Å². The Kier molecular flexibility index (Phi) is 2.95. The minimum atomic E-state index is -1.54. The number of methoxy groups -OCH3 is 1. The smallest absolute Gasteiger partial charge is 0.348 e. The third-order valence-corrected chi connectivity index (χ3v) is 3.61. The summed E-state index contributed by atoms with van der Waals surface area (Å²) >= 11 is -1.54. The Morgan fingerprint density at radius 1 is 1.47 bits per heavy atom. The van der Waals surface area contributed by atoms with E-state index in [0.29, 0.717) is 17.2 Å². The number of benzene rings is 1. The van der Waals surface area contributed by atoms with E-state index in [0.717, 1.165) is 5.56 Å². The van der Waals surface area contributed by atoms with E-state index in [-0.39, 0.29) is 11.7 Å². The maximum absolute atomic E-state index is 11.7. The Morgan fingerprint density at radius 2 is 2.27 bits per heavy atom. The van der Waals surface area contributed by atoms with E-state index < -0.39 is 11.2 Å². The van der Waals surface area contributed by atoms with Gasteiger partial charge in [0, 0.05) is 12.1 Å². The third-order valence-electron chi connectivity index (χ3n) is 2.26. The number of hydrogen-bond acceptors (Lipinski definition) is 4. The molecule has 0 fully saturated rings. The molecule has 1 N–H and O–H groups in total. The van der Waals surface area contributed by atoms with Crippen molar-refractivity contribution < 1.29 is 14.1 Å². The number of fused-ring (bicyclic) bond motifs is 1. The van der Waals surface area contributed by atoms with Crippen molar-refractivity contribution in [3.05, 3.63) is 23.8 Å². The topological polar surface area (TPSA) is 61.4 Å². The molecule has 1 atom stereocenters. The molecule has 0 amide bonds. The monoisotopic (exact) mass is 225 g/mol. The van der Waals surface area contributed by atoms with E-state index in [1.165, 1.54) is 0 Å². The zero-order valence-corrected chi connectivity index (χ0v) is 9.10. The van der Waals surface area contributed by atoms with Crippen LogP contribution in [0.3, 0.4) is 0 Å². The summed E-state index contributed by atoms with van der Waals surface area (Å²) in [5, 5.41) is 2.66. The van der Waals surface area contributed by atoms with E-state index in [2.05, 4.69) is 5.32 Å². The largest absolute Gasteiger partial charge is 0.604 e. The SMILES string of the molecule is COc1ccc2c(c1)CNCC(=O)[S+]2[O-]. The first-order valence-corrected chi connectivity index (χ1v) is 5.69. The molecule has 1 aliphatic heterocycles. The fourth-order valence-corrected chi connectivity index (χ4v) is 2.53. The molecule has 0 spiro atoms. The molecule has 1 aliphatic rings. The van der Waals surface area contributed by atoms with E-state index in [4.69, 9.17) is 4.74 Å². The minimum Gasteiger partial charge on any atom is -0.604 e. The van der Waals surface area contributed by atoms with E-state index in [1.54, 1.807) is 25.3 Å². The van der Waals surface area contributed by atoms with E-state index in [9.17, 15) is 9.35 Å². The number of hydrogen-bond donors (Lipinski definition) is 1. The molecular formula is C10H11NO3S. The maximum Gasteiger partial charge on any atom is 0.348 e. The molecule has 0 aliphatic carbocycles. The second-order valence-corrected chi connectivity index (χ2v) is 4.65. The Morgan fingerprint density at radius 3 is 3.00 bits per heavy atom. The Balaban J connectivity index is 2.43. The van der Waals surface area contributed by atoms with Gasteiger partial charge >= 0.3 is 5.12 Å². The normalized spacial score (nSPS) is 20.7. The van der Waals surface area contributed by atoms with Crippen molar-refractivity contribution in [3.8, 4) is 5.75 Å². The second-order valence-electron chi connectivity index (χ2n) is 3.22. The summed E-state index contributed by atoms with van der Waals surface area (Å²) in [4.78, 5) is 11.9. The van der Waals surface area contributed by atoms with Crippen molar-refractivity contribution in [1.29, 1.82) is 0 Å². The Hall–Kier alpha value is -1.04. The van der Waals surface area contributed by atoms with Crippen molar-refractivity contribution in [1.82, 2.24) is 5.32 Å². The average molecular weight is 225 g/mol. The van der Waals surface area contributed by atoms with Gasteiger partial charge in [-0.3, -0.25) is 0 Å². The summed E-state index contributed by atoms with van der Waals surface area (Å²) in [5.74, 6) is 0.710. The highest BCUT2D eigenvalue weighted by Crippen LogP contribution is 2.24. The van der Waals surface area contributed by atoms with Gasteiger partial charge in [-0.15, -0.1) is 0 Å². The van der Waals surface area contributed by atoms with Crippen LogP contribution in [0.2, 0.25) is 0 Å². The van der Waals surface area contributed by atoms with Crippen LogP contribution < -0.4 is 10.1 Å². The van der Waals surface area contributed by atoms with Crippen molar-refractivity contribution in [2.24, 2.45) is 0 Å². The zero-order chi connectivity index (χ0) is 10.8.